The zero-order valence-electron chi connectivity index (χ0n) is 12.9. The molecular weight excluding hydrogens is 296 g/mol. The molecule has 3 N–H and O–H groups in total. The van der Waals surface area contributed by atoms with Gasteiger partial charge in [0.2, 0.25) is 0 Å². The van der Waals surface area contributed by atoms with Gasteiger partial charge in [-0.15, -0.1) is 0 Å². The number of para-hydroxylation sites is 1. The van der Waals surface area contributed by atoms with Gasteiger partial charge in [0.1, 0.15) is 11.5 Å². The van der Waals surface area contributed by atoms with E-state index in [0.29, 0.717) is 5.75 Å². The zero-order chi connectivity index (χ0) is 16.8. The average Bonchev–Trinajstić information content (AvgIpc) is 2.52. The maximum atomic E-state index is 11.8. The molecule has 23 heavy (non-hydrogen) atoms. The molecule has 0 bridgehead atoms. The van der Waals surface area contributed by atoms with Crippen molar-refractivity contribution in [3.05, 3.63) is 59.2 Å². The zero-order valence-corrected chi connectivity index (χ0v) is 12.9. The van der Waals surface area contributed by atoms with Crippen LogP contribution in [0.4, 0.5) is 0 Å². The first-order chi connectivity index (χ1) is 11.0. The minimum Gasteiger partial charge on any atom is -0.508 e. The van der Waals surface area contributed by atoms with E-state index in [1.165, 1.54) is 24.3 Å². The predicted molar refractivity (Wildman–Crippen MR) is 85.1 cm³/mol. The van der Waals surface area contributed by atoms with E-state index in [1.807, 2.05) is 32.0 Å². The van der Waals surface area contributed by atoms with Gasteiger partial charge in [0.15, 0.2) is 6.61 Å². The van der Waals surface area contributed by atoms with Crippen LogP contribution in [0.25, 0.3) is 0 Å². The lowest BCUT2D eigenvalue weighted by atomic mass is 10.1. The Kier molecular flexibility index (Phi) is 5.19. The SMILES string of the molecule is Cc1cccc(C)c1OCC(=O)NNC(=O)c1cccc(O)c1. The fourth-order valence-electron chi connectivity index (χ4n) is 2.05. The van der Waals surface area contributed by atoms with E-state index in [0.717, 1.165) is 11.1 Å². The highest BCUT2D eigenvalue weighted by atomic mass is 16.5. The smallest absolute Gasteiger partial charge is 0.276 e. The summed E-state index contributed by atoms with van der Waals surface area (Å²) in [5, 5.41) is 9.31. The van der Waals surface area contributed by atoms with Crippen LogP contribution in [-0.4, -0.2) is 23.5 Å². The van der Waals surface area contributed by atoms with Gasteiger partial charge in [-0.1, -0.05) is 24.3 Å². The Morgan fingerprint density at radius 3 is 2.35 bits per heavy atom. The van der Waals surface area contributed by atoms with Crippen molar-refractivity contribution in [1.82, 2.24) is 10.9 Å². The van der Waals surface area contributed by atoms with Crippen molar-refractivity contribution in [3.8, 4) is 11.5 Å². The number of carbonyl (C=O) groups is 2. The molecule has 0 aliphatic carbocycles. The molecule has 6 nitrogen and oxygen atoms in total. The molecule has 0 aromatic heterocycles. The number of phenolic OH excluding ortho intramolecular Hbond substituents is 1. The molecular formula is C17H18N2O4. The largest absolute Gasteiger partial charge is 0.508 e. The van der Waals surface area contributed by atoms with E-state index in [1.54, 1.807) is 0 Å². The van der Waals surface area contributed by atoms with Crippen LogP contribution in [0.2, 0.25) is 0 Å². The topological polar surface area (TPSA) is 87.7 Å². The first-order valence-electron chi connectivity index (χ1n) is 7.04. The second-order valence-electron chi connectivity index (χ2n) is 5.06. The van der Waals surface area contributed by atoms with E-state index >= 15 is 0 Å². The molecule has 0 unspecified atom stereocenters. The number of nitrogens with one attached hydrogen (secondary N) is 2. The highest BCUT2D eigenvalue weighted by molar-refractivity contribution is 5.95. The van der Waals surface area contributed by atoms with Crippen molar-refractivity contribution in [1.29, 1.82) is 0 Å². The number of hydrogen-bond acceptors (Lipinski definition) is 4. The minimum atomic E-state index is -0.527. The molecule has 2 rings (SSSR count). The fourth-order valence-corrected chi connectivity index (χ4v) is 2.05. The Hall–Kier alpha value is -3.02. The number of amides is 2. The molecule has 6 heteroatoms. The summed E-state index contributed by atoms with van der Waals surface area (Å²) in [7, 11) is 0. The van der Waals surface area contributed by atoms with Gasteiger partial charge < -0.3 is 9.84 Å². The summed E-state index contributed by atoms with van der Waals surface area (Å²) in [6, 6.07) is 11.5. The summed E-state index contributed by atoms with van der Waals surface area (Å²) < 4.78 is 5.48. The Balaban J connectivity index is 1.85. The van der Waals surface area contributed by atoms with Crippen molar-refractivity contribution >= 4 is 11.8 Å². The molecule has 0 fully saturated rings. The molecule has 0 aliphatic heterocycles. The Bertz CT molecular complexity index is 708. The predicted octanol–water partition coefficient (Wildman–Crippen LogP) is 1.85. The Morgan fingerprint density at radius 1 is 1.04 bits per heavy atom. The molecule has 2 amide bonds. The van der Waals surface area contributed by atoms with Crippen LogP contribution in [0, 0.1) is 13.8 Å². The van der Waals surface area contributed by atoms with Crippen molar-refractivity contribution in [3.63, 3.8) is 0 Å². The first kappa shape index (κ1) is 16.4. The van der Waals surface area contributed by atoms with Crippen LogP contribution in [0.1, 0.15) is 21.5 Å². The number of hydrazine groups is 1. The summed E-state index contributed by atoms with van der Waals surface area (Å²) in [6.07, 6.45) is 0. The van der Waals surface area contributed by atoms with Crippen molar-refractivity contribution in [2.24, 2.45) is 0 Å². The van der Waals surface area contributed by atoms with Gasteiger partial charge in [-0.2, -0.15) is 0 Å². The number of phenols is 1. The van der Waals surface area contributed by atoms with Gasteiger partial charge in [-0.25, -0.2) is 0 Å². The van der Waals surface area contributed by atoms with E-state index < -0.39 is 11.8 Å². The third kappa shape index (κ3) is 4.47. The highest BCUT2D eigenvalue weighted by Gasteiger charge is 2.10. The normalized spacial score (nSPS) is 10.0. The number of aromatic hydroxyl groups is 1. The van der Waals surface area contributed by atoms with Gasteiger partial charge in [0.05, 0.1) is 0 Å². The molecule has 2 aromatic rings. The molecule has 0 saturated heterocycles. The first-order valence-corrected chi connectivity index (χ1v) is 7.04. The van der Waals surface area contributed by atoms with E-state index in [-0.39, 0.29) is 17.9 Å². The summed E-state index contributed by atoms with van der Waals surface area (Å²) in [5.41, 5.74) is 6.63. The van der Waals surface area contributed by atoms with Crippen molar-refractivity contribution in [2.45, 2.75) is 13.8 Å². The van der Waals surface area contributed by atoms with Crippen molar-refractivity contribution < 1.29 is 19.4 Å². The van der Waals surface area contributed by atoms with Crippen LogP contribution < -0.4 is 15.6 Å². The molecule has 0 spiro atoms. The lowest BCUT2D eigenvalue weighted by Crippen LogP contribution is -2.43. The Labute approximate surface area is 134 Å². The second kappa shape index (κ2) is 7.31. The van der Waals surface area contributed by atoms with Gasteiger partial charge >= 0.3 is 0 Å². The van der Waals surface area contributed by atoms with Crippen LogP contribution in [0.5, 0.6) is 11.5 Å². The monoisotopic (exact) mass is 314 g/mol. The molecule has 2 aromatic carbocycles. The van der Waals surface area contributed by atoms with Gasteiger partial charge in [-0.3, -0.25) is 20.4 Å². The number of aryl methyl sites for hydroxylation is 2. The number of benzene rings is 2. The summed E-state index contributed by atoms with van der Waals surface area (Å²) >= 11 is 0. The standard InChI is InChI=1S/C17H18N2O4/c1-11-5-3-6-12(2)16(11)23-10-15(21)18-19-17(22)13-7-4-8-14(20)9-13/h3-9,20H,10H2,1-2H3,(H,18,21)(H,19,22). The number of ether oxygens (including phenoxy) is 1. The van der Waals surface area contributed by atoms with E-state index in [9.17, 15) is 14.7 Å². The lowest BCUT2D eigenvalue weighted by Gasteiger charge is -2.12. The highest BCUT2D eigenvalue weighted by Crippen LogP contribution is 2.21. The van der Waals surface area contributed by atoms with Crippen LogP contribution >= 0.6 is 0 Å². The number of rotatable bonds is 4. The fraction of sp³-hybridized carbons (Fsp3) is 0.176. The Morgan fingerprint density at radius 2 is 1.70 bits per heavy atom. The van der Waals surface area contributed by atoms with E-state index in [2.05, 4.69) is 10.9 Å². The second-order valence-corrected chi connectivity index (χ2v) is 5.06. The van der Waals surface area contributed by atoms with Gasteiger partial charge in [-0.05, 0) is 43.2 Å². The van der Waals surface area contributed by atoms with Crippen LogP contribution in [0.3, 0.4) is 0 Å². The summed E-state index contributed by atoms with van der Waals surface area (Å²) in [4.78, 5) is 23.5. The molecule has 0 heterocycles. The molecule has 0 aliphatic rings. The third-order valence-electron chi connectivity index (χ3n) is 3.18. The minimum absolute atomic E-state index is 0.0256. The lowest BCUT2D eigenvalue weighted by molar-refractivity contribution is -0.123. The average molecular weight is 314 g/mol. The van der Waals surface area contributed by atoms with Crippen LogP contribution in [-0.2, 0) is 4.79 Å². The molecule has 120 valence electrons. The summed E-state index contributed by atoms with van der Waals surface area (Å²) in [6.45, 7) is 3.57. The summed E-state index contributed by atoms with van der Waals surface area (Å²) in [5.74, 6) is -0.383. The van der Waals surface area contributed by atoms with E-state index in [4.69, 9.17) is 4.74 Å². The van der Waals surface area contributed by atoms with Crippen molar-refractivity contribution in [2.75, 3.05) is 6.61 Å². The third-order valence-corrected chi connectivity index (χ3v) is 3.18. The quantitative estimate of drug-likeness (QED) is 0.752. The van der Waals surface area contributed by atoms with Crippen LogP contribution in [0.15, 0.2) is 42.5 Å². The maximum absolute atomic E-state index is 11.8. The number of hydrogen-bond donors (Lipinski definition) is 3. The van der Waals surface area contributed by atoms with Gasteiger partial charge in [0.25, 0.3) is 11.8 Å². The molecule has 0 atom stereocenters. The maximum Gasteiger partial charge on any atom is 0.276 e. The number of carbonyl (C=O) groups excluding carboxylic acids is 2. The van der Waals surface area contributed by atoms with Gasteiger partial charge in [0, 0.05) is 5.56 Å². The molecule has 0 radical (unpaired) electrons. The molecule has 0 saturated carbocycles.